The molecule has 0 fully saturated rings. The third-order valence-electron chi connectivity index (χ3n) is 2.54. The number of benzene rings is 1. The van der Waals surface area contributed by atoms with E-state index in [1.165, 1.54) is 11.3 Å². The molecule has 20 heavy (non-hydrogen) atoms. The number of hydrogen-bond acceptors (Lipinski definition) is 3. The molecule has 1 aromatic carbocycles. The standard InChI is InChI=1S/C15H13ClN2OS/c1-10-14(20-11(2)18-10)15(19)17-9-5-7-12-6-3-4-8-13(12)16/h3-4,6,8H,9H2,1-2H3,(H,17,19). The number of hydrogen-bond donors (Lipinski definition) is 1. The van der Waals surface area contributed by atoms with E-state index in [9.17, 15) is 4.79 Å². The van der Waals surface area contributed by atoms with E-state index in [0.29, 0.717) is 9.90 Å². The van der Waals surface area contributed by atoms with Crippen LogP contribution in [0.5, 0.6) is 0 Å². The first kappa shape index (κ1) is 14.6. The molecule has 1 amide bonds. The van der Waals surface area contributed by atoms with E-state index >= 15 is 0 Å². The van der Waals surface area contributed by atoms with Gasteiger partial charge in [-0.25, -0.2) is 4.98 Å². The summed E-state index contributed by atoms with van der Waals surface area (Å²) < 4.78 is 0. The minimum Gasteiger partial charge on any atom is -0.340 e. The Balaban J connectivity index is 1.96. The highest BCUT2D eigenvalue weighted by molar-refractivity contribution is 7.13. The molecule has 0 aliphatic rings. The number of rotatable bonds is 2. The SMILES string of the molecule is Cc1nc(C)c(C(=O)NCC#Cc2ccccc2Cl)s1. The largest absolute Gasteiger partial charge is 0.340 e. The van der Waals surface area contributed by atoms with Crippen LogP contribution in [-0.4, -0.2) is 17.4 Å². The number of carbonyl (C=O) groups is 1. The highest BCUT2D eigenvalue weighted by Crippen LogP contribution is 2.16. The molecular weight excluding hydrogens is 292 g/mol. The Labute approximate surface area is 127 Å². The van der Waals surface area contributed by atoms with E-state index in [1.54, 1.807) is 6.07 Å². The third kappa shape index (κ3) is 3.60. The van der Waals surface area contributed by atoms with Crippen LogP contribution in [0.15, 0.2) is 24.3 Å². The van der Waals surface area contributed by atoms with Crippen LogP contribution in [0.25, 0.3) is 0 Å². The first-order valence-electron chi connectivity index (χ1n) is 6.03. The minimum atomic E-state index is -0.137. The van der Waals surface area contributed by atoms with Gasteiger partial charge in [0.05, 0.1) is 22.3 Å². The average molecular weight is 305 g/mol. The average Bonchev–Trinajstić information content (AvgIpc) is 2.75. The van der Waals surface area contributed by atoms with Gasteiger partial charge in [0.25, 0.3) is 5.91 Å². The summed E-state index contributed by atoms with van der Waals surface area (Å²) in [6, 6.07) is 7.35. The summed E-state index contributed by atoms with van der Waals surface area (Å²) in [5.41, 5.74) is 1.51. The number of nitrogens with one attached hydrogen (secondary N) is 1. The van der Waals surface area contributed by atoms with E-state index < -0.39 is 0 Å². The van der Waals surface area contributed by atoms with Crippen LogP contribution in [0.2, 0.25) is 5.02 Å². The second-order valence-corrected chi connectivity index (χ2v) is 5.72. The van der Waals surface area contributed by atoms with Crippen molar-refractivity contribution in [2.24, 2.45) is 0 Å². The molecule has 1 N–H and O–H groups in total. The summed E-state index contributed by atoms with van der Waals surface area (Å²) in [6.45, 7) is 3.99. The Hall–Kier alpha value is -1.83. The van der Waals surface area contributed by atoms with Gasteiger partial charge in [-0.3, -0.25) is 4.79 Å². The molecule has 0 atom stereocenters. The molecule has 1 heterocycles. The number of thiazole rings is 1. The molecule has 102 valence electrons. The molecule has 5 heteroatoms. The van der Waals surface area contributed by atoms with Crippen molar-refractivity contribution in [1.29, 1.82) is 0 Å². The molecular formula is C15H13ClN2OS. The maximum atomic E-state index is 11.9. The monoisotopic (exact) mass is 304 g/mol. The van der Waals surface area contributed by atoms with Crippen LogP contribution in [-0.2, 0) is 0 Å². The smallest absolute Gasteiger partial charge is 0.264 e. The van der Waals surface area contributed by atoms with E-state index in [4.69, 9.17) is 11.6 Å². The third-order valence-corrected chi connectivity index (χ3v) is 3.95. The second kappa shape index (κ2) is 6.56. The number of nitrogens with zero attached hydrogens (tertiary/aromatic N) is 1. The van der Waals surface area contributed by atoms with Crippen molar-refractivity contribution in [1.82, 2.24) is 10.3 Å². The van der Waals surface area contributed by atoms with Crippen LogP contribution in [0.4, 0.5) is 0 Å². The predicted molar refractivity (Wildman–Crippen MR) is 82.3 cm³/mol. The fourth-order valence-electron chi connectivity index (χ4n) is 1.65. The summed E-state index contributed by atoms with van der Waals surface area (Å²) in [6.07, 6.45) is 0. The van der Waals surface area contributed by atoms with E-state index in [2.05, 4.69) is 22.1 Å². The van der Waals surface area contributed by atoms with Crippen LogP contribution in [0, 0.1) is 25.7 Å². The van der Waals surface area contributed by atoms with Gasteiger partial charge in [-0.1, -0.05) is 35.6 Å². The summed E-state index contributed by atoms with van der Waals surface area (Å²) in [7, 11) is 0. The first-order valence-corrected chi connectivity index (χ1v) is 7.23. The normalized spacial score (nSPS) is 9.75. The van der Waals surface area contributed by atoms with E-state index in [-0.39, 0.29) is 12.5 Å². The Morgan fingerprint density at radius 1 is 1.40 bits per heavy atom. The molecule has 2 rings (SSSR count). The zero-order valence-corrected chi connectivity index (χ0v) is 12.7. The fourth-order valence-corrected chi connectivity index (χ4v) is 2.67. The zero-order chi connectivity index (χ0) is 14.5. The Morgan fingerprint density at radius 2 is 2.15 bits per heavy atom. The van der Waals surface area contributed by atoms with Crippen molar-refractivity contribution < 1.29 is 4.79 Å². The molecule has 0 radical (unpaired) electrons. The summed E-state index contributed by atoms with van der Waals surface area (Å²) in [5, 5.41) is 4.25. The molecule has 3 nitrogen and oxygen atoms in total. The highest BCUT2D eigenvalue weighted by atomic mass is 35.5. The van der Waals surface area contributed by atoms with Gasteiger partial charge in [0.15, 0.2) is 0 Å². The maximum absolute atomic E-state index is 11.9. The lowest BCUT2D eigenvalue weighted by molar-refractivity contribution is 0.0962. The van der Waals surface area contributed by atoms with Crippen LogP contribution >= 0.6 is 22.9 Å². The molecule has 0 saturated heterocycles. The van der Waals surface area contributed by atoms with Crippen molar-refractivity contribution >= 4 is 28.8 Å². The highest BCUT2D eigenvalue weighted by Gasteiger charge is 2.12. The number of aryl methyl sites for hydroxylation is 2. The molecule has 0 spiro atoms. The summed E-state index contributed by atoms with van der Waals surface area (Å²) >= 11 is 7.38. The summed E-state index contributed by atoms with van der Waals surface area (Å²) in [4.78, 5) is 16.8. The van der Waals surface area contributed by atoms with Gasteiger partial charge in [0.2, 0.25) is 0 Å². The number of carbonyl (C=O) groups excluding carboxylic acids is 1. The summed E-state index contributed by atoms with van der Waals surface area (Å²) in [5.74, 6) is 5.68. The van der Waals surface area contributed by atoms with Gasteiger partial charge >= 0.3 is 0 Å². The lowest BCUT2D eigenvalue weighted by Gasteiger charge is -1.98. The van der Waals surface area contributed by atoms with Crippen molar-refractivity contribution in [3.8, 4) is 11.8 Å². The Bertz CT molecular complexity index is 697. The number of halogens is 1. The van der Waals surface area contributed by atoms with Crippen molar-refractivity contribution in [2.75, 3.05) is 6.54 Å². The van der Waals surface area contributed by atoms with Crippen LogP contribution in [0.1, 0.15) is 25.9 Å². The molecule has 2 aromatic rings. The van der Waals surface area contributed by atoms with E-state index in [0.717, 1.165) is 16.3 Å². The van der Waals surface area contributed by atoms with Gasteiger partial charge in [0, 0.05) is 5.56 Å². The topological polar surface area (TPSA) is 42.0 Å². The quantitative estimate of drug-likeness (QED) is 0.866. The lowest BCUT2D eigenvalue weighted by atomic mass is 10.2. The van der Waals surface area contributed by atoms with Crippen LogP contribution < -0.4 is 5.32 Å². The zero-order valence-electron chi connectivity index (χ0n) is 11.2. The maximum Gasteiger partial charge on any atom is 0.264 e. The first-order chi connectivity index (χ1) is 9.58. The van der Waals surface area contributed by atoms with Crippen molar-refractivity contribution in [3.05, 3.63) is 50.4 Å². The predicted octanol–water partition coefficient (Wildman–Crippen LogP) is 3.19. The Kier molecular flexibility index (Phi) is 4.78. The minimum absolute atomic E-state index is 0.137. The van der Waals surface area contributed by atoms with Crippen molar-refractivity contribution in [2.45, 2.75) is 13.8 Å². The van der Waals surface area contributed by atoms with Gasteiger partial charge in [-0.15, -0.1) is 11.3 Å². The Morgan fingerprint density at radius 3 is 2.80 bits per heavy atom. The van der Waals surface area contributed by atoms with Crippen molar-refractivity contribution in [3.63, 3.8) is 0 Å². The van der Waals surface area contributed by atoms with Gasteiger partial charge in [-0.05, 0) is 26.0 Å². The lowest BCUT2D eigenvalue weighted by Crippen LogP contribution is -2.23. The molecule has 0 unspecified atom stereocenters. The van der Waals surface area contributed by atoms with Gasteiger partial charge in [-0.2, -0.15) is 0 Å². The molecule has 0 bridgehead atoms. The van der Waals surface area contributed by atoms with Crippen LogP contribution in [0.3, 0.4) is 0 Å². The number of aromatic nitrogens is 1. The van der Waals surface area contributed by atoms with E-state index in [1.807, 2.05) is 32.0 Å². The fraction of sp³-hybridized carbons (Fsp3) is 0.200. The number of amides is 1. The molecule has 0 saturated carbocycles. The van der Waals surface area contributed by atoms with Gasteiger partial charge in [0.1, 0.15) is 4.88 Å². The molecule has 1 aromatic heterocycles. The van der Waals surface area contributed by atoms with Gasteiger partial charge < -0.3 is 5.32 Å². The second-order valence-electron chi connectivity index (χ2n) is 4.11. The molecule has 0 aliphatic carbocycles. The molecule has 0 aliphatic heterocycles.